The van der Waals surface area contributed by atoms with Gasteiger partial charge in [0.2, 0.25) is 0 Å². The lowest BCUT2D eigenvalue weighted by Gasteiger charge is -2.10. The van der Waals surface area contributed by atoms with Crippen molar-refractivity contribution in [1.29, 1.82) is 0 Å². The first-order chi connectivity index (χ1) is 9.72. The number of rotatable bonds is 7. The van der Waals surface area contributed by atoms with Gasteiger partial charge < -0.3 is 5.11 Å². The molecule has 0 aromatic heterocycles. The molecule has 0 saturated carbocycles. The highest BCUT2D eigenvalue weighted by atomic mass is 32.2. The van der Waals surface area contributed by atoms with Gasteiger partial charge in [-0.25, -0.2) is 8.42 Å². The standard InChI is InChI=1S/C17H24O3S/c1-13(2)17(18)10-7-15(4)11-12-21(19,20)16-8-5-14(3)6-9-16/h5-6,8-9,11,17-18H,1,7,10,12H2,2-4H3/b15-11+. The molecule has 1 rings (SSSR count). The Morgan fingerprint density at radius 3 is 2.38 bits per heavy atom. The summed E-state index contributed by atoms with van der Waals surface area (Å²) < 4.78 is 24.4. The van der Waals surface area contributed by atoms with Crippen LogP contribution in [0.4, 0.5) is 0 Å². The number of aliphatic hydroxyl groups excluding tert-OH is 1. The maximum absolute atomic E-state index is 12.2. The summed E-state index contributed by atoms with van der Waals surface area (Å²) in [6.45, 7) is 9.29. The Morgan fingerprint density at radius 2 is 1.86 bits per heavy atom. The molecule has 116 valence electrons. The van der Waals surface area contributed by atoms with Gasteiger partial charge in [-0.05, 0) is 45.7 Å². The van der Waals surface area contributed by atoms with Gasteiger partial charge in [0.25, 0.3) is 0 Å². The second-order valence-corrected chi connectivity index (χ2v) is 7.58. The summed E-state index contributed by atoms with van der Waals surface area (Å²) in [6, 6.07) is 6.87. The first kappa shape index (κ1) is 17.7. The third-order valence-corrected chi connectivity index (χ3v) is 5.01. The largest absolute Gasteiger partial charge is 0.389 e. The minimum Gasteiger partial charge on any atom is -0.389 e. The van der Waals surface area contributed by atoms with E-state index in [9.17, 15) is 13.5 Å². The number of aryl methyl sites for hydroxylation is 1. The number of aliphatic hydroxyl groups is 1. The minimum absolute atomic E-state index is 0.00887. The average Bonchev–Trinajstić information content (AvgIpc) is 2.43. The molecule has 1 aromatic rings. The molecule has 1 unspecified atom stereocenters. The minimum atomic E-state index is -3.28. The van der Waals surface area contributed by atoms with Crippen LogP contribution in [0, 0.1) is 6.92 Å². The van der Waals surface area contributed by atoms with Gasteiger partial charge in [0.05, 0.1) is 16.8 Å². The van der Waals surface area contributed by atoms with Crippen molar-refractivity contribution in [3.05, 3.63) is 53.6 Å². The molecule has 0 heterocycles. The van der Waals surface area contributed by atoms with Gasteiger partial charge >= 0.3 is 0 Å². The molecule has 1 aromatic carbocycles. The second-order valence-electron chi connectivity index (χ2n) is 5.55. The molecule has 1 N–H and O–H groups in total. The number of allylic oxidation sites excluding steroid dienone is 1. The van der Waals surface area contributed by atoms with Gasteiger partial charge in [-0.1, -0.05) is 41.5 Å². The Bertz CT molecular complexity index is 610. The second kappa shape index (κ2) is 7.57. The summed E-state index contributed by atoms with van der Waals surface area (Å²) in [5, 5.41) is 9.66. The third kappa shape index (κ3) is 5.86. The van der Waals surface area contributed by atoms with Gasteiger partial charge in [-0.3, -0.25) is 0 Å². The Morgan fingerprint density at radius 1 is 1.29 bits per heavy atom. The highest BCUT2D eigenvalue weighted by Gasteiger charge is 2.12. The topological polar surface area (TPSA) is 54.4 Å². The predicted octanol–water partition coefficient (Wildman–Crippen LogP) is 3.43. The Kier molecular flexibility index (Phi) is 6.37. The molecule has 4 heteroatoms. The van der Waals surface area contributed by atoms with Crippen molar-refractivity contribution in [3.8, 4) is 0 Å². The molecular weight excluding hydrogens is 284 g/mol. The molecule has 0 aliphatic rings. The molecule has 0 fully saturated rings. The molecule has 0 bridgehead atoms. The van der Waals surface area contributed by atoms with Crippen molar-refractivity contribution < 1.29 is 13.5 Å². The van der Waals surface area contributed by atoms with Crippen LogP contribution in [0.25, 0.3) is 0 Å². The van der Waals surface area contributed by atoms with Crippen molar-refractivity contribution in [1.82, 2.24) is 0 Å². The smallest absolute Gasteiger partial charge is 0.181 e. The fourth-order valence-electron chi connectivity index (χ4n) is 1.81. The number of hydrogen-bond donors (Lipinski definition) is 1. The Balaban J connectivity index is 2.65. The number of hydrogen-bond acceptors (Lipinski definition) is 3. The fourth-order valence-corrected chi connectivity index (χ4v) is 3.05. The van der Waals surface area contributed by atoms with E-state index < -0.39 is 15.9 Å². The average molecular weight is 308 g/mol. The van der Waals surface area contributed by atoms with Crippen LogP contribution in [0.15, 0.2) is 53.0 Å². The van der Waals surface area contributed by atoms with Gasteiger partial charge in [-0.2, -0.15) is 0 Å². The van der Waals surface area contributed by atoms with E-state index in [0.29, 0.717) is 17.7 Å². The molecule has 21 heavy (non-hydrogen) atoms. The molecule has 0 aliphatic carbocycles. The molecule has 0 spiro atoms. The van der Waals surface area contributed by atoms with E-state index >= 15 is 0 Å². The van der Waals surface area contributed by atoms with Crippen LogP contribution in [0.2, 0.25) is 0 Å². The number of benzene rings is 1. The van der Waals surface area contributed by atoms with E-state index in [1.165, 1.54) is 0 Å². The molecule has 0 amide bonds. The van der Waals surface area contributed by atoms with Crippen LogP contribution >= 0.6 is 0 Å². The summed E-state index contributed by atoms with van der Waals surface area (Å²) in [4.78, 5) is 0.346. The van der Waals surface area contributed by atoms with Gasteiger partial charge in [0, 0.05) is 0 Å². The monoisotopic (exact) mass is 308 g/mol. The summed E-state index contributed by atoms with van der Waals surface area (Å²) in [5.74, 6) is -0.00887. The van der Waals surface area contributed by atoms with E-state index in [1.807, 2.05) is 13.8 Å². The van der Waals surface area contributed by atoms with Crippen molar-refractivity contribution in [3.63, 3.8) is 0 Å². The molecule has 0 aliphatic heterocycles. The predicted molar refractivity (Wildman–Crippen MR) is 87.0 cm³/mol. The fraction of sp³-hybridized carbons (Fsp3) is 0.412. The van der Waals surface area contributed by atoms with E-state index in [1.54, 1.807) is 37.3 Å². The highest BCUT2D eigenvalue weighted by molar-refractivity contribution is 7.91. The lowest BCUT2D eigenvalue weighted by atomic mass is 10.0. The first-order valence-electron chi connectivity index (χ1n) is 7.01. The van der Waals surface area contributed by atoms with Crippen LogP contribution in [0.5, 0.6) is 0 Å². The van der Waals surface area contributed by atoms with Crippen LogP contribution < -0.4 is 0 Å². The molecule has 1 atom stereocenters. The summed E-state index contributed by atoms with van der Waals surface area (Å²) in [7, 11) is -3.28. The SMILES string of the molecule is C=C(C)C(O)CC/C(C)=C/CS(=O)(=O)c1ccc(C)cc1. The first-order valence-corrected chi connectivity index (χ1v) is 8.66. The van der Waals surface area contributed by atoms with E-state index in [2.05, 4.69) is 6.58 Å². The Labute approximate surface area is 127 Å². The van der Waals surface area contributed by atoms with Crippen molar-refractivity contribution >= 4 is 9.84 Å². The number of sulfone groups is 1. The van der Waals surface area contributed by atoms with Gasteiger partial charge in [0.1, 0.15) is 0 Å². The van der Waals surface area contributed by atoms with Gasteiger partial charge in [0.15, 0.2) is 9.84 Å². The normalized spacial score (nSPS) is 14.0. The van der Waals surface area contributed by atoms with Crippen LogP contribution in [0.1, 0.15) is 32.3 Å². The molecule has 3 nitrogen and oxygen atoms in total. The van der Waals surface area contributed by atoms with E-state index in [0.717, 1.165) is 16.7 Å². The van der Waals surface area contributed by atoms with Crippen LogP contribution in [-0.4, -0.2) is 25.4 Å². The van der Waals surface area contributed by atoms with Crippen molar-refractivity contribution in [2.45, 2.75) is 44.6 Å². The zero-order valence-corrected chi connectivity index (χ0v) is 13.8. The highest BCUT2D eigenvalue weighted by Crippen LogP contribution is 2.15. The lowest BCUT2D eigenvalue weighted by molar-refractivity contribution is 0.201. The van der Waals surface area contributed by atoms with Gasteiger partial charge in [-0.15, -0.1) is 0 Å². The quantitative estimate of drug-likeness (QED) is 0.785. The zero-order valence-electron chi connectivity index (χ0n) is 13.0. The maximum Gasteiger partial charge on any atom is 0.181 e. The zero-order chi connectivity index (χ0) is 16.0. The van der Waals surface area contributed by atoms with Crippen LogP contribution in [0.3, 0.4) is 0 Å². The maximum atomic E-state index is 12.2. The Hall–Kier alpha value is -1.39. The molecule has 0 saturated heterocycles. The third-order valence-electron chi connectivity index (χ3n) is 3.41. The van der Waals surface area contributed by atoms with Crippen LogP contribution in [-0.2, 0) is 9.84 Å². The molecule has 0 radical (unpaired) electrons. The summed E-state index contributed by atoms with van der Waals surface area (Å²) in [5.41, 5.74) is 2.73. The lowest BCUT2D eigenvalue weighted by Crippen LogP contribution is -2.08. The van der Waals surface area contributed by atoms with E-state index in [4.69, 9.17) is 0 Å². The molecular formula is C17H24O3S. The van der Waals surface area contributed by atoms with Crippen molar-refractivity contribution in [2.75, 3.05) is 5.75 Å². The van der Waals surface area contributed by atoms with Crippen molar-refractivity contribution in [2.24, 2.45) is 0 Å². The summed E-state index contributed by atoms with van der Waals surface area (Å²) in [6.07, 6.45) is 2.43. The summed E-state index contributed by atoms with van der Waals surface area (Å²) >= 11 is 0. The van der Waals surface area contributed by atoms with E-state index in [-0.39, 0.29) is 5.75 Å².